The van der Waals surface area contributed by atoms with Gasteiger partial charge in [0.15, 0.2) is 16.3 Å². The third-order valence-electron chi connectivity index (χ3n) is 6.13. The van der Waals surface area contributed by atoms with E-state index in [1.807, 2.05) is 30.3 Å². The molecule has 0 bridgehead atoms. The fourth-order valence-electron chi connectivity index (χ4n) is 4.32. The van der Waals surface area contributed by atoms with E-state index in [1.54, 1.807) is 24.5 Å². The molecule has 3 aromatic rings. The van der Waals surface area contributed by atoms with Gasteiger partial charge < -0.3 is 14.2 Å². The van der Waals surface area contributed by atoms with E-state index in [9.17, 15) is 9.59 Å². The summed E-state index contributed by atoms with van der Waals surface area (Å²) in [6.07, 6.45) is 1.87. The molecule has 2 aliphatic rings. The second kappa shape index (κ2) is 9.19. The summed E-state index contributed by atoms with van der Waals surface area (Å²) in [5.41, 5.74) is 3.55. The van der Waals surface area contributed by atoms with Crippen LogP contribution in [-0.2, 0) is 9.53 Å². The third-order valence-corrected chi connectivity index (χ3v) is 7.11. The molecular formula is C27H26N2O5S. The molecule has 7 nitrogen and oxygen atoms in total. The molecule has 8 heteroatoms. The first-order valence-corrected chi connectivity index (χ1v) is 12.4. The number of carbonyl (C=O) groups excluding carboxylic acids is 1. The second-order valence-corrected chi connectivity index (χ2v) is 9.75. The maximum absolute atomic E-state index is 13.7. The molecule has 0 N–H and O–H groups in total. The topological polar surface area (TPSA) is 79.1 Å². The van der Waals surface area contributed by atoms with Crippen LogP contribution in [0.25, 0.3) is 6.08 Å². The van der Waals surface area contributed by atoms with E-state index in [0.717, 1.165) is 11.1 Å². The van der Waals surface area contributed by atoms with Crippen molar-refractivity contribution in [2.75, 3.05) is 13.4 Å². The Morgan fingerprint density at radius 1 is 1.20 bits per heavy atom. The fraction of sp³-hybridized carbons (Fsp3) is 0.296. The average Bonchev–Trinajstić information content (AvgIpc) is 3.42. The molecule has 3 heterocycles. The van der Waals surface area contributed by atoms with Gasteiger partial charge in [0.2, 0.25) is 6.79 Å². The Morgan fingerprint density at radius 2 is 1.94 bits per heavy atom. The highest BCUT2D eigenvalue weighted by atomic mass is 32.1. The Balaban J connectivity index is 1.68. The molecule has 0 amide bonds. The van der Waals surface area contributed by atoms with E-state index in [2.05, 4.69) is 31.0 Å². The lowest BCUT2D eigenvalue weighted by molar-refractivity contribution is -0.139. The lowest BCUT2D eigenvalue weighted by atomic mass is 9.95. The number of ether oxygens (including phenoxy) is 3. The van der Waals surface area contributed by atoms with Crippen LogP contribution in [-0.4, -0.2) is 23.9 Å². The maximum Gasteiger partial charge on any atom is 0.338 e. The van der Waals surface area contributed by atoms with Gasteiger partial charge in [-0.15, -0.1) is 0 Å². The number of benzene rings is 2. The number of aromatic nitrogens is 1. The van der Waals surface area contributed by atoms with Gasteiger partial charge in [0.1, 0.15) is 0 Å². The summed E-state index contributed by atoms with van der Waals surface area (Å²) in [5.74, 6) is 1.15. The molecule has 0 spiro atoms. The number of esters is 1. The summed E-state index contributed by atoms with van der Waals surface area (Å²) in [4.78, 5) is 31.9. The van der Waals surface area contributed by atoms with Crippen LogP contribution >= 0.6 is 11.3 Å². The van der Waals surface area contributed by atoms with E-state index in [4.69, 9.17) is 14.2 Å². The van der Waals surface area contributed by atoms with Crippen LogP contribution < -0.4 is 24.4 Å². The molecule has 35 heavy (non-hydrogen) atoms. The summed E-state index contributed by atoms with van der Waals surface area (Å²) < 4.78 is 18.5. The lowest BCUT2D eigenvalue weighted by Crippen LogP contribution is -2.39. The Labute approximate surface area is 206 Å². The standard InChI is InChI=1S/C27H26N2O5S/c1-5-32-26(31)23-16(4)28-27-29(24(23)19-10-11-20-21(13-19)34-14-33-20)25(30)22(35-27)12-17-6-8-18(9-7-17)15(2)3/h6-13,15,24H,5,14H2,1-4H3/b22-12-/t24-/m1/s1. The molecule has 0 saturated heterocycles. The van der Waals surface area contributed by atoms with Gasteiger partial charge in [-0.1, -0.05) is 55.5 Å². The minimum atomic E-state index is -0.690. The van der Waals surface area contributed by atoms with Gasteiger partial charge in [-0.25, -0.2) is 9.79 Å². The first-order chi connectivity index (χ1) is 16.9. The molecule has 1 aromatic heterocycles. The summed E-state index contributed by atoms with van der Waals surface area (Å²) in [5, 5.41) is 0. The minimum absolute atomic E-state index is 0.136. The van der Waals surface area contributed by atoms with Gasteiger partial charge in [0.05, 0.1) is 28.5 Å². The lowest BCUT2D eigenvalue weighted by Gasteiger charge is -2.24. The monoisotopic (exact) mass is 490 g/mol. The number of rotatable bonds is 5. The summed E-state index contributed by atoms with van der Waals surface area (Å²) >= 11 is 1.31. The number of fused-ring (bicyclic) bond motifs is 2. The van der Waals surface area contributed by atoms with Crippen molar-refractivity contribution >= 4 is 23.4 Å². The van der Waals surface area contributed by atoms with E-state index in [0.29, 0.717) is 38.0 Å². The minimum Gasteiger partial charge on any atom is -0.463 e. The second-order valence-electron chi connectivity index (χ2n) is 8.74. The van der Waals surface area contributed by atoms with Gasteiger partial charge >= 0.3 is 5.97 Å². The largest absolute Gasteiger partial charge is 0.463 e. The van der Waals surface area contributed by atoms with E-state index >= 15 is 0 Å². The van der Waals surface area contributed by atoms with Crippen molar-refractivity contribution < 1.29 is 19.0 Å². The molecule has 0 aliphatic carbocycles. The van der Waals surface area contributed by atoms with Crippen LogP contribution in [0, 0.1) is 0 Å². The zero-order valence-electron chi connectivity index (χ0n) is 20.0. The van der Waals surface area contributed by atoms with Crippen LogP contribution in [0.3, 0.4) is 0 Å². The van der Waals surface area contributed by atoms with Gasteiger partial charge in [-0.3, -0.25) is 9.36 Å². The highest BCUT2D eigenvalue weighted by Crippen LogP contribution is 2.38. The van der Waals surface area contributed by atoms with E-state index in [-0.39, 0.29) is 19.0 Å². The Hall–Kier alpha value is -3.65. The zero-order chi connectivity index (χ0) is 24.7. The zero-order valence-corrected chi connectivity index (χ0v) is 20.8. The molecule has 0 fully saturated rings. The summed E-state index contributed by atoms with van der Waals surface area (Å²) in [6, 6.07) is 12.9. The van der Waals surface area contributed by atoms with Gasteiger partial charge in [0.25, 0.3) is 5.56 Å². The van der Waals surface area contributed by atoms with Crippen LogP contribution in [0.5, 0.6) is 11.5 Å². The summed E-state index contributed by atoms with van der Waals surface area (Å²) in [7, 11) is 0. The molecule has 1 atom stereocenters. The van der Waals surface area contributed by atoms with Crippen LogP contribution in [0.4, 0.5) is 0 Å². The third kappa shape index (κ3) is 4.18. The van der Waals surface area contributed by atoms with Crippen molar-refractivity contribution in [2.24, 2.45) is 4.99 Å². The van der Waals surface area contributed by atoms with Crippen molar-refractivity contribution in [3.05, 3.63) is 90.1 Å². The normalized spacial score (nSPS) is 16.9. The van der Waals surface area contributed by atoms with Crippen molar-refractivity contribution in [1.82, 2.24) is 4.57 Å². The predicted molar refractivity (Wildman–Crippen MR) is 133 cm³/mol. The number of thiazole rings is 1. The Morgan fingerprint density at radius 3 is 2.66 bits per heavy atom. The molecule has 2 aromatic carbocycles. The van der Waals surface area contributed by atoms with Crippen LogP contribution in [0.2, 0.25) is 0 Å². The smallest absolute Gasteiger partial charge is 0.338 e. The molecule has 0 radical (unpaired) electrons. The molecule has 0 unspecified atom stereocenters. The Bertz CT molecular complexity index is 1510. The molecule has 2 aliphatic heterocycles. The molecule has 180 valence electrons. The van der Waals surface area contributed by atoms with Crippen molar-refractivity contribution in [1.29, 1.82) is 0 Å². The number of hydrogen-bond donors (Lipinski definition) is 0. The Kier molecular flexibility index (Phi) is 6.06. The van der Waals surface area contributed by atoms with Gasteiger partial charge in [-0.2, -0.15) is 0 Å². The van der Waals surface area contributed by atoms with Crippen molar-refractivity contribution in [2.45, 2.75) is 39.7 Å². The molecular weight excluding hydrogens is 464 g/mol. The molecule has 5 rings (SSSR count). The predicted octanol–water partition coefficient (Wildman–Crippen LogP) is 3.65. The van der Waals surface area contributed by atoms with Gasteiger partial charge in [-0.05, 0) is 54.7 Å². The van der Waals surface area contributed by atoms with Crippen molar-refractivity contribution in [3.8, 4) is 11.5 Å². The van der Waals surface area contributed by atoms with E-state index < -0.39 is 12.0 Å². The number of allylic oxidation sites excluding steroid dienone is 1. The fourth-order valence-corrected chi connectivity index (χ4v) is 5.37. The van der Waals surface area contributed by atoms with Crippen molar-refractivity contribution in [3.63, 3.8) is 0 Å². The van der Waals surface area contributed by atoms with Crippen LogP contribution in [0.1, 0.15) is 56.3 Å². The highest BCUT2D eigenvalue weighted by Gasteiger charge is 2.34. The highest BCUT2D eigenvalue weighted by molar-refractivity contribution is 7.07. The quantitative estimate of drug-likeness (QED) is 0.510. The number of hydrogen-bond acceptors (Lipinski definition) is 7. The van der Waals surface area contributed by atoms with Crippen LogP contribution in [0.15, 0.2) is 63.5 Å². The first kappa shape index (κ1) is 23.1. The SMILES string of the molecule is CCOC(=O)C1=C(C)N=c2s/c(=C\c3ccc(C(C)C)cc3)c(=O)n2[C@@H]1c1ccc2c(c1)OCO2. The molecule has 0 saturated carbocycles. The summed E-state index contributed by atoms with van der Waals surface area (Å²) in [6.45, 7) is 8.17. The number of nitrogens with zero attached hydrogens (tertiary/aromatic N) is 2. The first-order valence-electron chi connectivity index (χ1n) is 11.6. The maximum atomic E-state index is 13.7. The number of carbonyl (C=O) groups is 1. The average molecular weight is 491 g/mol. The van der Waals surface area contributed by atoms with Gasteiger partial charge in [0, 0.05) is 0 Å². The van der Waals surface area contributed by atoms with E-state index in [1.165, 1.54) is 16.9 Å².